The summed E-state index contributed by atoms with van der Waals surface area (Å²) < 4.78 is -1.68. The Morgan fingerprint density at radius 3 is 2.89 bits per heavy atom. The van der Waals surface area contributed by atoms with E-state index < -0.39 is 15.3 Å². The third-order valence-corrected chi connectivity index (χ3v) is 3.99. The molecule has 2 aliphatic heterocycles. The number of aliphatic imine (C=N–C) groups is 1. The van der Waals surface area contributed by atoms with Gasteiger partial charge in [-0.05, 0) is 19.9 Å². The lowest BCUT2D eigenvalue weighted by Gasteiger charge is -2.22. The molecule has 0 radical (unpaired) electrons. The van der Waals surface area contributed by atoms with Gasteiger partial charge in [-0.25, -0.2) is 9.79 Å². The molecule has 0 aliphatic carbocycles. The SMILES string of the molecule is CNC(=O)ON=C1N2C=CC(Cl)(Cl)N=C2SC1(C)C. The highest BCUT2D eigenvalue weighted by atomic mass is 35.5. The van der Waals surface area contributed by atoms with Gasteiger partial charge in [-0.1, -0.05) is 40.1 Å². The molecule has 0 aromatic heterocycles. The second kappa shape index (κ2) is 4.88. The van der Waals surface area contributed by atoms with Gasteiger partial charge in [0.15, 0.2) is 11.0 Å². The molecule has 19 heavy (non-hydrogen) atoms. The first-order chi connectivity index (χ1) is 8.75. The van der Waals surface area contributed by atoms with Crippen molar-refractivity contribution in [3.05, 3.63) is 12.3 Å². The number of nitrogens with one attached hydrogen (secondary N) is 1. The van der Waals surface area contributed by atoms with Crippen molar-refractivity contribution in [3.8, 4) is 0 Å². The molecule has 2 heterocycles. The number of hydrogen-bond donors (Lipinski definition) is 1. The fourth-order valence-electron chi connectivity index (χ4n) is 1.53. The molecular formula is C10H12Cl2N4O2S. The van der Waals surface area contributed by atoms with E-state index in [1.807, 2.05) is 13.8 Å². The van der Waals surface area contributed by atoms with Crippen LogP contribution >= 0.6 is 35.0 Å². The van der Waals surface area contributed by atoms with Crippen LogP contribution in [-0.4, -0.2) is 38.2 Å². The van der Waals surface area contributed by atoms with Crippen LogP contribution in [0.25, 0.3) is 0 Å². The van der Waals surface area contributed by atoms with Crippen LogP contribution in [0.4, 0.5) is 4.79 Å². The third kappa shape index (κ3) is 2.98. The molecular weight excluding hydrogens is 311 g/mol. The van der Waals surface area contributed by atoms with Crippen LogP contribution in [0.3, 0.4) is 0 Å². The number of halogens is 2. The van der Waals surface area contributed by atoms with Crippen molar-refractivity contribution in [2.45, 2.75) is 23.1 Å². The number of amidine groups is 2. The van der Waals surface area contributed by atoms with Crippen molar-refractivity contribution in [1.29, 1.82) is 0 Å². The van der Waals surface area contributed by atoms with Crippen LogP contribution in [0.5, 0.6) is 0 Å². The summed E-state index contributed by atoms with van der Waals surface area (Å²) in [4.78, 5) is 21.7. The fraction of sp³-hybridized carbons (Fsp3) is 0.500. The minimum atomic E-state index is -1.27. The molecule has 0 spiro atoms. The summed E-state index contributed by atoms with van der Waals surface area (Å²) >= 11 is 13.3. The van der Waals surface area contributed by atoms with E-state index >= 15 is 0 Å². The molecule has 6 nitrogen and oxygen atoms in total. The molecule has 1 saturated heterocycles. The fourth-order valence-corrected chi connectivity index (χ4v) is 3.02. The Morgan fingerprint density at radius 1 is 1.58 bits per heavy atom. The Morgan fingerprint density at radius 2 is 2.26 bits per heavy atom. The number of rotatable bonds is 1. The molecule has 9 heteroatoms. The van der Waals surface area contributed by atoms with E-state index in [0.717, 1.165) is 0 Å². The number of nitrogens with zero attached hydrogens (tertiary/aromatic N) is 3. The van der Waals surface area contributed by atoms with Gasteiger partial charge in [0.05, 0.1) is 4.75 Å². The van der Waals surface area contributed by atoms with Crippen LogP contribution in [0.15, 0.2) is 22.4 Å². The van der Waals surface area contributed by atoms with Gasteiger partial charge in [0.25, 0.3) is 0 Å². The van der Waals surface area contributed by atoms with E-state index in [-0.39, 0.29) is 0 Å². The van der Waals surface area contributed by atoms with Gasteiger partial charge in [0, 0.05) is 13.2 Å². The highest BCUT2D eigenvalue weighted by Gasteiger charge is 2.45. The topological polar surface area (TPSA) is 66.3 Å². The lowest BCUT2D eigenvalue weighted by molar-refractivity contribution is 0.151. The number of alkyl halides is 2. The number of hydrogen-bond acceptors (Lipinski definition) is 5. The molecule has 0 aromatic rings. The highest BCUT2D eigenvalue weighted by molar-refractivity contribution is 8.16. The Balaban J connectivity index is 2.30. The van der Waals surface area contributed by atoms with E-state index in [4.69, 9.17) is 28.0 Å². The highest BCUT2D eigenvalue weighted by Crippen LogP contribution is 2.42. The first kappa shape index (κ1) is 14.5. The second-order valence-electron chi connectivity index (χ2n) is 4.32. The number of amides is 1. The Hall–Kier alpha value is -0.920. The summed E-state index contributed by atoms with van der Waals surface area (Å²) in [6.07, 6.45) is 2.55. The summed E-state index contributed by atoms with van der Waals surface area (Å²) in [7, 11) is 1.46. The smallest absolute Gasteiger partial charge is 0.323 e. The van der Waals surface area contributed by atoms with Crippen LogP contribution in [-0.2, 0) is 4.84 Å². The maximum absolute atomic E-state index is 11.1. The van der Waals surface area contributed by atoms with Crippen LogP contribution < -0.4 is 5.32 Å². The monoisotopic (exact) mass is 322 g/mol. The normalized spacial score (nSPS) is 25.0. The van der Waals surface area contributed by atoms with E-state index in [0.29, 0.717) is 11.0 Å². The molecule has 1 amide bonds. The molecule has 0 aromatic carbocycles. The van der Waals surface area contributed by atoms with Gasteiger partial charge >= 0.3 is 6.09 Å². The van der Waals surface area contributed by atoms with Gasteiger partial charge in [-0.15, -0.1) is 0 Å². The van der Waals surface area contributed by atoms with Crippen molar-refractivity contribution >= 4 is 52.1 Å². The molecule has 2 rings (SSSR count). The molecule has 2 aliphatic rings. The quantitative estimate of drug-likeness (QED) is 0.348. The molecule has 0 saturated carbocycles. The summed E-state index contributed by atoms with van der Waals surface area (Å²) in [6.45, 7) is 3.87. The average molecular weight is 323 g/mol. The minimum absolute atomic E-state index is 0.411. The number of fused-ring (bicyclic) bond motifs is 1. The van der Waals surface area contributed by atoms with Crippen LogP contribution in [0.2, 0.25) is 0 Å². The van der Waals surface area contributed by atoms with Crippen molar-refractivity contribution < 1.29 is 9.63 Å². The van der Waals surface area contributed by atoms with E-state index in [1.165, 1.54) is 24.9 Å². The van der Waals surface area contributed by atoms with Crippen molar-refractivity contribution in [2.75, 3.05) is 7.05 Å². The first-order valence-electron chi connectivity index (χ1n) is 5.38. The van der Waals surface area contributed by atoms with Crippen LogP contribution in [0.1, 0.15) is 13.8 Å². The van der Waals surface area contributed by atoms with Crippen molar-refractivity contribution in [1.82, 2.24) is 10.2 Å². The zero-order chi connectivity index (χ0) is 14.3. The number of thioether (sulfide) groups is 1. The standard InChI is InChI=1S/C10H12Cl2N4O2S/c1-9(2)6(15-18-8(17)13-3)16-5-4-10(11,12)14-7(16)19-9/h4-5H,1-3H3,(H,13,17). The van der Waals surface area contributed by atoms with Gasteiger partial charge in [-0.3, -0.25) is 9.74 Å². The summed E-state index contributed by atoms with van der Waals surface area (Å²) in [5, 5.41) is 6.80. The van der Waals surface area contributed by atoms with Crippen molar-refractivity contribution in [2.24, 2.45) is 10.1 Å². The number of oxime groups is 1. The lowest BCUT2D eigenvalue weighted by Crippen LogP contribution is -2.35. The lowest BCUT2D eigenvalue weighted by atomic mass is 10.2. The zero-order valence-corrected chi connectivity index (χ0v) is 12.8. The maximum atomic E-state index is 11.1. The van der Waals surface area contributed by atoms with Gasteiger partial charge in [0.2, 0.25) is 4.46 Å². The van der Waals surface area contributed by atoms with E-state index in [9.17, 15) is 4.79 Å². The molecule has 0 atom stereocenters. The van der Waals surface area contributed by atoms with E-state index in [2.05, 4.69) is 15.5 Å². The molecule has 0 unspecified atom stereocenters. The zero-order valence-electron chi connectivity index (χ0n) is 10.5. The predicted molar refractivity (Wildman–Crippen MR) is 77.5 cm³/mol. The predicted octanol–water partition coefficient (Wildman–Crippen LogP) is 2.50. The third-order valence-electron chi connectivity index (χ3n) is 2.41. The number of carbonyl (C=O) groups is 1. The second-order valence-corrected chi connectivity index (χ2v) is 7.26. The molecule has 1 fully saturated rings. The minimum Gasteiger partial charge on any atom is -0.323 e. The van der Waals surface area contributed by atoms with Gasteiger partial charge in [-0.2, -0.15) is 0 Å². The first-order valence-corrected chi connectivity index (χ1v) is 6.95. The number of carbonyl (C=O) groups excluding carboxylic acids is 1. The maximum Gasteiger partial charge on any atom is 0.433 e. The summed E-state index contributed by atoms with van der Waals surface area (Å²) in [5.41, 5.74) is 0. The van der Waals surface area contributed by atoms with Crippen LogP contribution in [0, 0.1) is 0 Å². The van der Waals surface area contributed by atoms with E-state index in [1.54, 1.807) is 11.1 Å². The average Bonchev–Trinajstić information content (AvgIpc) is 2.53. The Bertz CT molecular complexity index is 502. The Kier molecular flexibility index (Phi) is 3.72. The van der Waals surface area contributed by atoms with Crippen molar-refractivity contribution in [3.63, 3.8) is 0 Å². The van der Waals surface area contributed by atoms with Gasteiger partial charge < -0.3 is 5.32 Å². The van der Waals surface area contributed by atoms with Gasteiger partial charge in [0.1, 0.15) is 0 Å². The molecule has 0 bridgehead atoms. The summed E-state index contributed by atoms with van der Waals surface area (Å²) in [5.74, 6) is 0.542. The largest absolute Gasteiger partial charge is 0.433 e. The molecule has 104 valence electrons. The Labute approximate surface area is 124 Å². The molecule has 1 N–H and O–H groups in total. The summed E-state index contributed by atoms with van der Waals surface area (Å²) in [6, 6.07) is 0.